The van der Waals surface area contributed by atoms with E-state index >= 15 is 0 Å². The van der Waals surface area contributed by atoms with Crippen molar-refractivity contribution in [1.29, 1.82) is 0 Å². The predicted molar refractivity (Wildman–Crippen MR) is 323 cm³/mol. The molecular weight excluding hydrogens is 1080 g/mol. The largest absolute Gasteiger partial charge is 0.394 e. The van der Waals surface area contributed by atoms with E-state index in [1.807, 2.05) is 6.08 Å². The van der Waals surface area contributed by atoms with Crippen LogP contribution in [0.3, 0.4) is 0 Å². The quantitative estimate of drug-likeness (QED) is 0.0208. The number of hydrogen-bond donors (Lipinski definition) is 12. The summed E-state index contributed by atoms with van der Waals surface area (Å²) >= 11 is 0. The molecule has 3 aliphatic heterocycles. The van der Waals surface area contributed by atoms with Crippen LogP contribution in [0.1, 0.15) is 226 Å². The molecule has 0 aliphatic carbocycles. The van der Waals surface area contributed by atoms with Crippen LogP contribution in [0.2, 0.25) is 0 Å². The molecule has 84 heavy (non-hydrogen) atoms. The van der Waals surface area contributed by atoms with E-state index in [9.17, 15) is 61.0 Å². The number of ether oxygens (including phenoxy) is 6. The van der Waals surface area contributed by atoms with E-state index in [1.165, 1.54) is 128 Å². The highest BCUT2D eigenvalue weighted by Crippen LogP contribution is 2.33. The van der Waals surface area contributed by atoms with Crippen molar-refractivity contribution in [2.24, 2.45) is 0 Å². The van der Waals surface area contributed by atoms with Gasteiger partial charge < -0.3 is 89.9 Å². The lowest BCUT2D eigenvalue weighted by atomic mass is 9.96. The summed E-state index contributed by atoms with van der Waals surface area (Å²) in [5.74, 6) is -0.299. The van der Waals surface area contributed by atoms with E-state index in [1.54, 1.807) is 6.08 Å². The third-order valence-electron chi connectivity index (χ3n) is 16.3. The van der Waals surface area contributed by atoms with E-state index in [2.05, 4.69) is 55.6 Å². The Hall–Kier alpha value is -2.25. The van der Waals surface area contributed by atoms with E-state index in [4.69, 9.17) is 28.4 Å². The molecule has 0 aromatic carbocycles. The maximum atomic E-state index is 13.3. The molecule has 3 heterocycles. The van der Waals surface area contributed by atoms with Crippen LogP contribution in [0.4, 0.5) is 0 Å². The highest BCUT2D eigenvalue weighted by Gasteiger charge is 2.53. The van der Waals surface area contributed by atoms with Crippen molar-refractivity contribution in [2.45, 2.75) is 330 Å². The van der Waals surface area contributed by atoms with Crippen molar-refractivity contribution in [3.63, 3.8) is 0 Å². The number of amides is 1. The number of carbonyl (C=O) groups excluding carboxylic acids is 1. The van der Waals surface area contributed by atoms with Gasteiger partial charge in [0.1, 0.15) is 73.2 Å². The second-order valence-corrected chi connectivity index (χ2v) is 23.6. The van der Waals surface area contributed by atoms with Crippen molar-refractivity contribution in [1.82, 2.24) is 5.32 Å². The molecule has 3 saturated heterocycles. The lowest BCUT2D eigenvalue weighted by molar-refractivity contribution is -0.379. The van der Waals surface area contributed by atoms with Gasteiger partial charge in [0.15, 0.2) is 18.9 Å². The summed E-state index contributed by atoms with van der Waals surface area (Å²) in [5.41, 5.74) is 0. The van der Waals surface area contributed by atoms with Crippen LogP contribution in [0.15, 0.2) is 48.6 Å². The molecular formula is C65H117NO18. The van der Waals surface area contributed by atoms with Crippen LogP contribution in [0.25, 0.3) is 0 Å². The van der Waals surface area contributed by atoms with Crippen LogP contribution in [0.5, 0.6) is 0 Å². The smallest absolute Gasteiger partial charge is 0.220 e. The van der Waals surface area contributed by atoms with Gasteiger partial charge in [-0.1, -0.05) is 197 Å². The molecule has 17 atom stereocenters. The maximum absolute atomic E-state index is 13.3. The molecule has 19 nitrogen and oxygen atoms in total. The number of nitrogens with one attached hydrogen (secondary N) is 1. The molecule has 3 fully saturated rings. The summed E-state index contributed by atoms with van der Waals surface area (Å²) in [7, 11) is 0. The number of rotatable bonds is 49. The molecule has 19 heteroatoms. The fourth-order valence-corrected chi connectivity index (χ4v) is 10.9. The average Bonchev–Trinajstić information content (AvgIpc) is 2.81. The van der Waals surface area contributed by atoms with Gasteiger partial charge in [-0.15, -0.1) is 0 Å². The zero-order valence-corrected chi connectivity index (χ0v) is 51.4. The van der Waals surface area contributed by atoms with Crippen molar-refractivity contribution in [3.8, 4) is 0 Å². The van der Waals surface area contributed by atoms with Crippen molar-refractivity contribution in [3.05, 3.63) is 48.6 Å². The summed E-state index contributed by atoms with van der Waals surface area (Å²) < 4.78 is 34.3. The SMILES string of the molecule is CCCCCCCC/C=C\CCCCCCCC(=O)NC(COC1OC(CO)C(OC2OC(CO)C(OC3OC(CO)C(O)C(O)C3O)C(O)C2O)C(O)C1O)C(O)/C=C/CC/C=C/CC/C=C/CCCCCCCCCCCCCCCC. The highest BCUT2D eigenvalue weighted by molar-refractivity contribution is 5.76. The third kappa shape index (κ3) is 30.3. The summed E-state index contributed by atoms with van der Waals surface area (Å²) in [5, 5.41) is 120. The monoisotopic (exact) mass is 1200 g/mol. The molecule has 0 aromatic rings. The lowest BCUT2D eigenvalue weighted by Gasteiger charge is -2.48. The number of allylic oxidation sites excluding steroid dienone is 7. The lowest BCUT2D eigenvalue weighted by Crippen LogP contribution is -2.66. The zero-order chi connectivity index (χ0) is 61.2. The van der Waals surface area contributed by atoms with Gasteiger partial charge in [0, 0.05) is 6.42 Å². The summed E-state index contributed by atoms with van der Waals surface area (Å²) in [6, 6.07) is -1.00. The molecule has 17 unspecified atom stereocenters. The summed E-state index contributed by atoms with van der Waals surface area (Å²) in [6.45, 7) is 1.69. The minimum Gasteiger partial charge on any atom is -0.394 e. The van der Waals surface area contributed by atoms with Crippen molar-refractivity contribution < 1.29 is 89.4 Å². The van der Waals surface area contributed by atoms with E-state index in [-0.39, 0.29) is 18.9 Å². The zero-order valence-electron chi connectivity index (χ0n) is 51.4. The Morgan fingerprint density at radius 3 is 1.19 bits per heavy atom. The first-order valence-electron chi connectivity index (χ1n) is 32.9. The molecule has 490 valence electrons. The van der Waals surface area contributed by atoms with Crippen LogP contribution >= 0.6 is 0 Å². The summed E-state index contributed by atoms with van der Waals surface area (Å²) in [4.78, 5) is 13.3. The van der Waals surface area contributed by atoms with Gasteiger partial charge in [-0.3, -0.25) is 4.79 Å². The van der Waals surface area contributed by atoms with E-state index in [0.717, 1.165) is 64.2 Å². The molecule has 0 radical (unpaired) electrons. The number of unbranched alkanes of at least 4 members (excludes halogenated alkanes) is 27. The minimum atomic E-state index is -1.98. The minimum absolute atomic E-state index is 0.221. The predicted octanol–water partition coefficient (Wildman–Crippen LogP) is 7.43. The summed E-state index contributed by atoms with van der Waals surface area (Å²) in [6.07, 6.45) is 28.1. The molecule has 3 rings (SSSR count). The van der Waals surface area contributed by atoms with Crippen LogP contribution < -0.4 is 5.32 Å². The van der Waals surface area contributed by atoms with Gasteiger partial charge in [-0.25, -0.2) is 0 Å². The molecule has 12 N–H and O–H groups in total. The number of aliphatic hydroxyl groups excluding tert-OH is 11. The van der Waals surface area contributed by atoms with Gasteiger partial charge >= 0.3 is 0 Å². The Morgan fingerprint density at radius 2 is 0.762 bits per heavy atom. The molecule has 0 aromatic heterocycles. The first kappa shape index (κ1) is 76.0. The van der Waals surface area contributed by atoms with E-state index < -0.39 is 124 Å². The molecule has 0 bridgehead atoms. The topological polar surface area (TPSA) is 307 Å². The fraction of sp³-hybridized carbons (Fsp3) is 0.862. The van der Waals surface area contributed by atoms with Gasteiger partial charge in [-0.05, 0) is 70.6 Å². The van der Waals surface area contributed by atoms with Gasteiger partial charge in [0.2, 0.25) is 5.91 Å². The Balaban J connectivity index is 1.48. The molecule has 0 spiro atoms. The maximum Gasteiger partial charge on any atom is 0.220 e. The Kier molecular flexibility index (Phi) is 43.2. The van der Waals surface area contributed by atoms with Crippen LogP contribution in [0, 0.1) is 0 Å². The second-order valence-electron chi connectivity index (χ2n) is 23.6. The third-order valence-corrected chi connectivity index (χ3v) is 16.3. The van der Waals surface area contributed by atoms with Crippen molar-refractivity contribution in [2.75, 3.05) is 26.4 Å². The second kappa shape index (κ2) is 47.7. The average molecular weight is 1200 g/mol. The van der Waals surface area contributed by atoms with E-state index in [0.29, 0.717) is 12.8 Å². The standard InChI is InChI=1S/C65H117NO18/c1-3-5-7-9-11-13-15-17-19-20-21-22-23-24-25-26-27-29-30-32-34-36-38-40-42-49(70)48(66-53(71)43-41-39-37-35-33-31-28-18-16-14-12-10-8-6-4-2)47-79-63-59(77)56(74)61(51(45-68)81-63)84-65-60(78)57(75)62(52(46-69)82-65)83-64-58(76)55(73)54(72)50(44-67)80-64/h18,26-28,32,34,40,42,48-52,54-65,67-70,72-78H,3-17,19-25,29-31,33,35-39,41,43-47H2,1-2H3,(H,66,71)/b27-26+,28-18-,34-32+,42-40+. The number of hydrogen-bond acceptors (Lipinski definition) is 18. The van der Waals surface area contributed by atoms with Gasteiger partial charge in [0.25, 0.3) is 0 Å². The van der Waals surface area contributed by atoms with Crippen molar-refractivity contribution >= 4 is 5.91 Å². The first-order valence-corrected chi connectivity index (χ1v) is 32.9. The molecule has 1 amide bonds. The number of aliphatic hydroxyl groups is 11. The Bertz CT molecular complexity index is 1720. The molecule has 3 aliphatic rings. The Morgan fingerprint density at radius 1 is 0.417 bits per heavy atom. The number of carbonyl (C=O) groups is 1. The van der Waals surface area contributed by atoms with Gasteiger partial charge in [-0.2, -0.15) is 0 Å². The fourth-order valence-electron chi connectivity index (χ4n) is 10.9. The molecule has 0 saturated carbocycles. The van der Waals surface area contributed by atoms with Crippen LogP contribution in [-0.2, 0) is 33.2 Å². The first-order chi connectivity index (χ1) is 40.8. The van der Waals surface area contributed by atoms with Gasteiger partial charge in [0.05, 0.1) is 38.6 Å². The normalized spacial score (nSPS) is 29.5. The Labute approximate surface area is 503 Å². The highest BCUT2D eigenvalue weighted by atomic mass is 16.8. The van der Waals surface area contributed by atoms with Crippen LogP contribution in [-0.4, -0.2) is 193 Å².